The molecule has 1 aromatic carbocycles. The molecule has 3 aromatic rings. The predicted octanol–water partition coefficient (Wildman–Crippen LogP) is 4.49. The summed E-state index contributed by atoms with van der Waals surface area (Å²) in [5.74, 6) is 2.43. The van der Waals surface area contributed by atoms with Crippen molar-refractivity contribution in [2.45, 2.75) is 57.4 Å². The zero-order valence-electron chi connectivity index (χ0n) is 15.1. The summed E-state index contributed by atoms with van der Waals surface area (Å²) in [6.07, 6.45) is 12.1. The van der Waals surface area contributed by atoms with E-state index in [9.17, 15) is 0 Å². The number of benzene rings is 1. The number of aromatic nitrogens is 4. The summed E-state index contributed by atoms with van der Waals surface area (Å²) in [7, 11) is 0. The molecule has 2 heterocycles. The molecule has 0 saturated heterocycles. The van der Waals surface area contributed by atoms with Gasteiger partial charge in [0.15, 0.2) is 11.5 Å². The zero-order chi connectivity index (χ0) is 17.3. The summed E-state index contributed by atoms with van der Waals surface area (Å²) >= 11 is 0. The molecule has 2 aliphatic rings. The van der Waals surface area contributed by atoms with Crippen LogP contribution >= 0.6 is 0 Å². The van der Waals surface area contributed by atoms with Crippen molar-refractivity contribution in [3.63, 3.8) is 0 Å². The lowest BCUT2D eigenvalue weighted by atomic mass is 9.96. The Kier molecular flexibility index (Phi) is 4.07. The van der Waals surface area contributed by atoms with Crippen molar-refractivity contribution in [1.29, 1.82) is 0 Å². The van der Waals surface area contributed by atoms with Crippen molar-refractivity contribution < 1.29 is 0 Å². The monoisotopic (exact) mass is 347 g/mol. The summed E-state index contributed by atoms with van der Waals surface area (Å²) < 4.78 is 1.92. The van der Waals surface area contributed by atoms with Crippen LogP contribution in [-0.4, -0.2) is 25.6 Å². The predicted molar refractivity (Wildman–Crippen MR) is 103 cm³/mol. The first-order chi connectivity index (χ1) is 12.9. The lowest BCUT2D eigenvalue weighted by Crippen LogP contribution is -2.25. The Morgan fingerprint density at radius 3 is 2.54 bits per heavy atom. The van der Waals surface area contributed by atoms with E-state index in [-0.39, 0.29) is 0 Å². The first kappa shape index (κ1) is 15.8. The SMILES string of the molecule is c1ccc(-c2nc(NC3CCCCC3)n3ncc(CC4CC4)c3n2)cc1. The molecule has 5 rings (SSSR count). The molecule has 0 atom stereocenters. The topological polar surface area (TPSA) is 55.1 Å². The fourth-order valence-corrected chi connectivity index (χ4v) is 3.94. The van der Waals surface area contributed by atoms with Crippen LogP contribution < -0.4 is 5.32 Å². The Balaban J connectivity index is 1.57. The summed E-state index contributed by atoms with van der Waals surface area (Å²) in [4.78, 5) is 9.74. The first-order valence-corrected chi connectivity index (χ1v) is 9.93. The second kappa shape index (κ2) is 6.71. The maximum atomic E-state index is 4.89. The van der Waals surface area contributed by atoms with Crippen LogP contribution in [0.3, 0.4) is 0 Å². The normalized spacial score (nSPS) is 18.3. The van der Waals surface area contributed by atoms with E-state index >= 15 is 0 Å². The van der Waals surface area contributed by atoms with Gasteiger partial charge in [-0.25, -0.2) is 4.98 Å². The molecular weight excluding hydrogens is 322 g/mol. The van der Waals surface area contributed by atoms with Crippen LogP contribution in [0.1, 0.15) is 50.5 Å². The van der Waals surface area contributed by atoms with Gasteiger partial charge in [-0.05, 0) is 38.0 Å². The van der Waals surface area contributed by atoms with Gasteiger partial charge in [0, 0.05) is 17.2 Å². The van der Waals surface area contributed by atoms with Crippen LogP contribution in [0.4, 0.5) is 5.95 Å². The Morgan fingerprint density at radius 1 is 0.962 bits per heavy atom. The lowest BCUT2D eigenvalue weighted by molar-refractivity contribution is 0.460. The minimum Gasteiger partial charge on any atom is -0.351 e. The number of hydrogen-bond acceptors (Lipinski definition) is 4. The summed E-state index contributed by atoms with van der Waals surface area (Å²) in [6.45, 7) is 0. The third-order valence-corrected chi connectivity index (χ3v) is 5.62. The highest BCUT2D eigenvalue weighted by Gasteiger charge is 2.25. The molecule has 0 unspecified atom stereocenters. The van der Waals surface area contributed by atoms with Gasteiger partial charge in [-0.15, -0.1) is 0 Å². The molecular formula is C21H25N5. The van der Waals surface area contributed by atoms with Crippen LogP contribution in [0.5, 0.6) is 0 Å². The highest BCUT2D eigenvalue weighted by Crippen LogP contribution is 2.34. The standard InChI is InChI=1S/C21H25N5/c1-3-7-16(8-4-1)19-24-20-17(13-15-11-12-15)14-22-26(20)21(25-19)23-18-9-5-2-6-10-18/h1,3-4,7-8,14-15,18H,2,5-6,9-13H2,(H,23,24,25). The van der Waals surface area contributed by atoms with E-state index in [0.717, 1.165) is 35.3 Å². The van der Waals surface area contributed by atoms with E-state index in [1.807, 2.05) is 28.9 Å². The maximum absolute atomic E-state index is 4.89. The minimum atomic E-state index is 0.488. The van der Waals surface area contributed by atoms with Gasteiger partial charge in [-0.1, -0.05) is 49.6 Å². The molecule has 5 nitrogen and oxygen atoms in total. The molecule has 2 saturated carbocycles. The third-order valence-electron chi connectivity index (χ3n) is 5.62. The van der Waals surface area contributed by atoms with Crippen molar-refractivity contribution in [1.82, 2.24) is 19.6 Å². The Morgan fingerprint density at radius 2 is 1.77 bits per heavy atom. The largest absolute Gasteiger partial charge is 0.351 e. The molecule has 0 aliphatic heterocycles. The van der Waals surface area contributed by atoms with Crippen LogP contribution in [0.2, 0.25) is 0 Å². The van der Waals surface area contributed by atoms with Crippen molar-refractivity contribution in [2.75, 3.05) is 5.32 Å². The molecule has 2 fully saturated rings. The van der Waals surface area contributed by atoms with E-state index in [4.69, 9.17) is 9.97 Å². The van der Waals surface area contributed by atoms with Gasteiger partial charge in [-0.3, -0.25) is 0 Å². The van der Waals surface area contributed by atoms with Crippen molar-refractivity contribution in [3.8, 4) is 11.4 Å². The van der Waals surface area contributed by atoms with Crippen molar-refractivity contribution in [2.24, 2.45) is 5.92 Å². The van der Waals surface area contributed by atoms with Gasteiger partial charge >= 0.3 is 0 Å². The molecule has 0 bridgehead atoms. The number of anilines is 1. The number of nitrogens with zero attached hydrogens (tertiary/aromatic N) is 4. The Labute approximate surface area is 153 Å². The zero-order valence-corrected chi connectivity index (χ0v) is 15.1. The van der Waals surface area contributed by atoms with E-state index in [1.54, 1.807) is 0 Å². The summed E-state index contributed by atoms with van der Waals surface area (Å²) in [5.41, 5.74) is 3.27. The lowest BCUT2D eigenvalue weighted by Gasteiger charge is -2.23. The molecule has 1 N–H and O–H groups in total. The maximum Gasteiger partial charge on any atom is 0.228 e. The number of rotatable bonds is 5. The molecule has 134 valence electrons. The second-order valence-electron chi connectivity index (χ2n) is 7.77. The summed E-state index contributed by atoms with van der Waals surface area (Å²) in [6, 6.07) is 10.7. The van der Waals surface area contributed by atoms with Crippen LogP contribution in [-0.2, 0) is 6.42 Å². The van der Waals surface area contributed by atoms with Gasteiger partial charge in [0.05, 0.1) is 6.20 Å². The molecule has 5 heteroatoms. The quantitative estimate of drug-likeness (QED) is 0.739. The van der Waals surface area contributed by atoms with Gasteiger partial charge in [0.2, 0.25) is 5.95 Å². The molecule has 0 radical (unpaired) electrons. The van der Waals surface area contributed by atoms with Gasteiger partial charge in [0.25, 0.3) is 0 Å². The number of fused-ring (bicyclic) bond motifs is 1. The van der Waals surface area contributed by atoms with Crippen LogP contribution in [0, 0.1) is 5.92 Å². The fourth-order valence-electron chi connectivity index (χ4n) is 3.94. The number of nitrogens with one attached hydrogen (secondary N) is 1. The van der Waals surface area contributed by atoms with Crippen molar-refractivity contribution in [3.05, 3.63) is 42.1 Å². The average Bonchev–Trinajstić information content (AvgIpc) is 3.42. The van der Waals surface area contributed by atoms with Crippen LogP contribution in [0.25, 0.3) is 17.0 Å². The molecule has 2 aliphatic carbocycles. The number of hydrogen-bond donors (Lipinski definition) is 1. The van der Waals surface area contributed by atoms with Gasteiger partial charge < -0.3 is 5.32 Å². The molecule has 2 aromatic heterocycles. The van der Waals surface area contributed by atoms with Crippen LogP contribution in [0.15, 0.2) is 36.5 Å². The highest BCUT2D eigenvalue weighted by molar-refractivity contribution is 5.62. The van der Waals surface area contributed by atoms with E-state index < -0.39 is 0 Å². The highest BCUT2D eigenvalue weighted by atomic mass is 15.4. The molecule has 0 amide bonds. The van der Waals surface area contributed by atoms with E-state index in [2.05, 4.69) is 22.5 Å². The smallest absolute Gasteiger partial charge is 0.228 e. The average molecular weight is 347 g/mol. The second-order valence-corrected chi connectivity index (χ2v) is 7.77. The summed E-state index contributed by atoms with van der Waals surface area (Å²) in [5, 5.41) is 8.29. The van der Waals surface area contributed by atoms with Crippen molar-refractivity contribution >= 4 is 11.6 Å². The van der Waals surface area contributed by atoms with E-state index in [0.29, 0.717) is 6.04 Å². The third kappa shape index (κ3) is 3.18. The Bertz CT molecular complexity index is 891. The fraction of sp³-hybridized carbons (Fsp3) is 0.476. The molecule has 0 spiro atoms. The van der Waals surface area contributed by atoms with E-state index in [1.165, 1.54) is 50.5 Å². The first-order valence-electron chi connectivity index (χ1n) is 9.93. The molecule has 26 heavy (non-hydrogen) atoms. The van der Waals surface area contributed by atoms with Gasteiger partial charge in [-0.2, -0.15) is 14.6 Å². The van der Waals surface area contributed by atoms with Gasteiger partial charge in [0.1, 0.15) is 0 Å². The Hall–Kier alpha value is -2.43. The minimum absolute atomic E-state index is 0.488.